The Kier molecular flexibility index (Phi) is 6.65. The summed E-state index contributed by atoms with van der Waals surface area (Å²) in [5, 5.41) is 9.18. The van der Waals surface area contributed by atoms with Gasteiger partial charge in [0.25, 0.3) is 0 Å². The van der Waals surface area contributed by atoms with E-state index in [2.05, 4.69) is 39.1 Å². The molecule has 0 saturated heterocycles. The Morgan fingerprint density at radius 1 is 1.40 bits per heavy atom. The van der Waals surface area contributed by atoms with E-state index in [1.807, 2.05) is 0 Å². The second-order valence-corrected chi connectivity index (χ2v) is 4.30. The summed E-state index contributed by atoms with van der Waals surface area (Å²) in [7, 11) is 3.47. The van der Waals surface area contributed by atoms with Crippen LogP contribution in [0.25, 0.3) is 0 Å². The van der Waals surface area contributed by atoms with E-state index >= 15 is 0 Å². The third kappa shape index (κ3) is 4.96. The fourth-order valence-corrected chi connectivity index (χ4v) is 1.52. The lowest BCUT2D eigenvalue weighted by Gasteiger charge is -2.17. The maximum atomic E-state index is 11.9. The predicted octanol–water partition coefficient (Wildman–Crippen LogP) is 1.47. The van der Waals surface area contributed by atoms with Crippen LogP contribution in [0.3, 0.4) is 0 Å². The summed E-state index contributed by atoms with van der Waals surface area (Å²) in [6, 6.07) is 0. The van der Waals surface area contributed by atoms with Crippen molar-refractivity contribution in [3.63, 3.8) is 0 Å². The number of imidazole rings is 1. The van der Waals surface area contributed by atoms with Gasteiger partial charge in [0, 0.05) is 20.6 Å². The van der Waals surface area contributed by atoms with Gasteiger partial charge in [-0.2, -0.15) is 0 Å². The SMILES string of the molecule is CCN(CC)CCOC(=O)c1[nH]cnc1/N=N\N(C)C. The van der Waals surface area contributed by atoms with Gasteiger partial charge >= 0.3 is 5.97 Å². The van der Waals surface area contributed by atoms with Crippen molar-refractivity contribution < 1.29 is 9.53 Å². The van der Waals surface area contributed by atoms with Gasteiger partial charge < -0.3 is 14.6 Å². The number of ether oxygens (including phenoxy) is 1. The molecule has 8 heteroatoms. The number of H-pyrrole nitrogens is 1. The Hall–Kier alpha value is -1.96. The number of nitrogens with one attached hydrogen (secondary N) is 1. The first-order chi connectivity index (χ1) is 9.58. The molecule has 20 heavy (non-hydrogen) atoms. The summed E-state index contributed by atoms with van der Waals surface area (Å²) < 4.78 is 5.20. The van der Waals surface area contributed by atoms with Crippen molar-refractivity contribution in [1.29, 1.82) is 0 Å². The highest BCUT2D eigenvalue weighted by Crippen LogP contribution is 2.15. The van der Waals surface area contributed by atoms with Crippen molar-refractivity contribution in [1.82, 2.24) is 19.9 Å². The number of esters is 1. The van der Waals surface area contributed by atoms with Crippen LogP contribution in [-0.2, 0) is 4.74 Å². The Bertz CT molecular complexity index is 439. The van der Waals surface area contributed by atoms with Gasteiger partial charge in [-0.15, -0.1) is 5.11 Å². The van der Waals surface area contributed by atoms with E-state index in [1.165, 1.54) is 11.3 Å². The van der Waals surface area contributed by atoms with Crippen LogP contribution in [0.5, 0.6) is 0 Å². The number of carbonyl (C=O) groups excluding carboxylic acids is 1. The fourth-order valence-electron chi connectivity index (χ4n) is 1.52. The molecule has 8 nitrogen and oxygen atoms in total. The minimum Gasteiger partial charge on any atom is -0.460 e. The normalized spacial score (nSPS) is 11.2. The van der Waals surface area contributed by atoms with E-state index in [-0.39, 0.29) is 11.5 Å². The molecule has 1 aromatic heterocycles. The van der Waals surface area contributed by atoms with Crippen LogP contribution in [0.15, 0.2) is 16.7 Å². The second-order valence-electron chi connectivity index (χ2n) is 4.30. The first-order valence-corrected chi connectivity index (χ1v) is 6.60. The van der Waals surface area contributed by atoms with Crippen LogP contribution in [0, 0.1) is 0 Å². The molecule has 0 saturated carbocycles. The number of rotatable bonds is 8. The van der Waals surface area contributed by atoms with Gasteiger partial charge in [0.15, 0.2) is 5.69 Å². The van der Waals surface area contributed by atoms with Gasteiger partial charge in [0.1, 0.15) is 6.61 Å². The summed E-state index contributed by atoms with van der Waals surface area (Å²) >= 11 is 0. The zero-order valence-corrected chi connectivity index (χ0v) is 12.5. The topological polar surface area (TPSA) is 86.2 Å². The van der Waals surface area contributed by atoms with E-state index in [0.717, 1.165) is 13.1 Å². The number of hydrogen-bond acceptors (Lipinski definition) is 6. The average molecular weight is 282 g/mol. The molecule has 0 aliphatic carbocycles. The molecule has 0 aliphatic rings. The molecule has 0 atom stereocenters. The van der Waals surface area contributed by atoms with Gasteiger partial charge in [-0.25, -0.2) is 9.78 Å². The number of hydrogen-bond donors (Lipinski definition) is 1. The highest BCUT2D eigenvalue weighted by molar-refractivity contribution is 5.91. The average Bonchev–Trinajstić information content (AvgIpc) is 2.89. The third-order valence-electron chi connectivity index (χ3n) is 2.68. The minimum absolute atomic E-state index is 0.218. The smallest absolute Gasteiger partial charge is 0.358 e. The highest BCUT2D eigenvalue weighted by atomic mass is 16.5. The quantitative estimate of drug-likeness (QED) is 0.443. The van der Waals surface area contributed by atoms with Crippen molar-refractivity contribution in [2.75, 3.05) is 40.3 Å². The van der Waals surface area contributed by atoms with Crippen molar-refractivity contribution in [3.8, 4) is 0 Å². The van der Waals surface area contributed by atoms with Gasteiger partial charge in [-0.3, -0.25) is 5.01 Å². The number of likely N-dealkylation sites (N-methyl/N-ethyl adjacent to an activating group) is 1. The van der Waals surface area contributed by atoms with E-state index in [4.69, 9.17) is 4.74 Å². The molecule has 0 unspecified atom stereocenters. The van der Waals surface area contributed by atoms with Crippen LogP contribution in [0.2, 0.25) is 0 Å². The zero-order valence-electron chi connectivity index (χ0n) is 12.5. The fraction of sp³-hybridized carbons (Fsp3) is 0.667. The molecule has 0 bridgehead atoms. The number of aromatic amines is 1. The Balaban J connectivity index is 2.54. The third-order valence-corrected chi connectivity index (χ3v) is 2.68. The lowest BCUT2D eigenvalue weighted by molar-refractivity contribution is 0.0461. The summed E-state index contributed by atoms with van der Waals surface area (Å²) in [4.78, 5) is 20.7. The van der Waals surface area contributed by atoms with E-state index in [9.17, 15) is 4.79 Å². The van der Waals surface area contributed by atoms with E-state index < -0.39 is 5.97 Å². The lowest BCUT2D eigenvalue weighted by atomic mass is 10.4. The molecular formula is C12H22N6O2. The number of nitrogens with zero attached hydrogens (tertiary/aromatic N) is 5. The molecule has 1 rings (SSSR count). The predicted molar refractivity (Wildman–Crippen MR) is 74.9 cm³/mol. The van der Waals surface area contributed by atoms with Crippen molar-refractivity contribution in [2.45, 2.75) is 13.8 Å². The van der Waals surface area contributed by atoms with Gasteiger partial charge in [0.2, 0.25) is 5.82 Å². The molecule has 1 aromatic rings. The van der Waals surface area contributed by atoms with Crippen LogP contribution >= 0.6 is 0 Å². The maximum absolute atomic E-state index is 11.9. The molecule has 0 radical (unpaired) electrons. The molecule has 0 aliphatic heterocycles. The minimum atomic E-state index is -0.470. The Morgan fingerprint density at radius 3 is 2.70 bits per heavy atom. The van der Waals surface area contributed by atoms with Crippen molar-refractivity contribution in [2.24, 2.45) is 10.3 Å². The lowest BCUT2D eigenvalue weighted by Crippen LogP contribution is -2.28. The zero-order chi connectivity index (χ0) is 15.0. The molecular weight excluding hydrogens is 260 g/mol. The Labute approximate surface area is 118 Å². The van der Waals surface area contributed by atoms with Crippen molar-refractivity contribution in [3.05, 3.63) is 12.0 Å². The maximum Gasteiger partial charge on any atom is 0.358 e. The Morgan fingerprint density at radius 2 is 2.10 bits per heavy atom. The second kappa shape index (κ2) is 8.26. The van der Waals surface area contributed by atoms with Crippen LogP contribution in [0.4, 0.5) is 5.82 Å². The molecule has 0 fully saturated rings. The summed E-state index contributed by atoms with van der Waals surface area (Å²) in [5.41, 5.74) is 0.218. The van der Waals surface area contributed by atoms with Crippen molar-refractivity contribution >= 4 is 11.8 Å². The standard InChI is InChI=1S/C12H22N6O2/c1-5-18(6-2)7-8-20-12(19)10-11(14-9-13-10)15-16-17(3)4/h9H,5-8H2,1-4H3,(H,13,14)/b16-15-. The van der Waals surface area contributed by atoms with Gasteiger partial charge in [-0.05, 0) is 13.1 Å². The van der Waals surface area contributed by atoms with Crippen LogP contribution < -0.4 is 0 Å². The highest BCUT2D eigenvalue weighted by Gasteiger charge is 2.16. The number of carbonyl (C=O) groups is 1. The number of aromatic nitrogens is 2. The van der Waals surface area contributed by atoms with Gasteiger partial charge in [-0.1, -0.05) is 19.1 Å². The van der Waals surface area contributed by atoms with E-state index in [0.29, 0.717) is 13.2 Å². The van der Waals surface area contributed by atoms with Crippen LogP contribution in [-0.4, -0.2) is 66.2 Å². The molecule has 1 heterocycles. The molecule has 1 N–H and O–H groups in total. The van der Waals surface area contributed by atoms with E-state index in [1.54, 1.807) is 14.1 Å². The summed E-state index contributed by atoms with van der Waals surface area (Å²) in [5.74, 6) is -0.242. The monoisotopic (exact) mass is 282 g/mol. The van der Waals surface area contributed by atoms with Gasteiger partial charge in [0.05, 0.1) is 6.33 Å². The molecule has 0 aromatic carbocycles. The molecule has 0 amide bonds. The molecule has 112 valence electrons. The largest absolute Gasteiger partial charge is 0.460 e. The first-order valence-electron chi connectivity index (χ1n) is 6.60. The summed E-state index contributed by atoms with van der Waals surface area (Å²) in [6.45, 7) is 7.05. The first kappa shape index (κ1) is 16.1. The summed E-state index contributed by atoms with van der Waals surface area (Å²) in [6.07, 6.45) is 1.39. The molecule has 0 spiro atoms. The van der Waals surface area contributed by atoms with Crippen LogP contribution in [0.1, 0.15) is 24.3 Å².